The van der Waals surface area contributed by atoms with Gasteiger partial charge in [0.1, 0.15) is 0 Å². The third-order valence-corrected chi connectivity index (χ3v) is 10.7. The minimum Gasteiger partial charge on any atom is -0.171 e. The van der Waals surface area contributed by atoms with Crippen LogP contribution in [0, 0.1) is 58.1 Å². The van der Waals surface area contributed by atoms with Crippen molar-refractivity contribution in [2.24, 2.45) is 58.1 Å². The predicted molar refractivity (Wildman–Crippen MR) is 310 cm³/mol. The van der Waals surface area contributed by atoms with Crippen LogP contribution >= 0.6 is 0 Å². The van der Waals surface area contributed by atoms with Gasteiger partial charge < -0.3 is 0 Å². The van der Waals surface area contributed by atoms with Gasteiger partial charge in [-0.25, -0.2) is 0 Å². The SMILES string of the molecule is CC(C)(C(F)(F)F)C(F)(F)F.CC(C)(C)C(F)(F)F.CC(C)C(F)(F)F.CCC(C)C.CCC(C)C(F)(F)F.CCCC(C(F)(F)F)C(F)(F)F.CCCCC.CCCCCC(F)(F)F.CCC[C@H](C)C(F)(F)F.C[C@@H](CCC(F)(F)F)C(F)(F)F.[2H]C(C)(C)C.[2H]C(C)(C)C. The maximum absolute atomic E-state index is 11.7. The number of unbranched alkanes of at least 4 members (excludes halogenated alkanes) is 4. The summed E-state index contributed by atoms with van der Waals surface area (Å²) in [4.78, 5) is 0. The van der Waals surface area contributed by atoms with Crippen molar-refractivity contribution in [1.82, 2.24) is 0 Å². The van der Waals surface area contributed by atoms with Gasteiger partial charge in [-0.05, 0) is 63.7 Å². The third kappa shape index (κ3) is 98.4. The highest BCUT2D eigenvalue weighted by Gasteiger charge is 2.64. The second-order valence-corrected chi connectivity index (χ2v) is 24.4. The molecule has 94 heavy (non-hydrogen) atoms. The Morgan fingerprint density at radius 3 is 0.596 bits per heavy atom. The van der Waals surface area contributed by atoms with Crippen molar-refractivity contribution in [2.45, 2.75) is 337 Å². The summed E-state index contributed by atoms with van der Waals surface area (Å²) >= 11 is 0. The van der Waals surface area contributed by atoms with Crippen LogP contribution in [0.3, 0.4) is 0 Å². The van der Waals surface area contributed by atoms with E-state index < -0.39 is 134 Å². The van der Waals surface area contributed by atoms with E-state index in [1.54, 1.807) is 6.92 Å². The average Bonchev–Trinajstić information content (AvgIpc) is 3.29. The van der Waals surface area contributed by atoms with Gasteiger partial charge in [0.15, 0.2) is 11.3 Å². The van der Waals surface area contributed by atoms with Gasteiger partial charge in [0.25, 0.3) is 0 Å². The fourth-order valence-electron chi connectivity index (χ4n) is 3.26. The summed E-state index contributed by atoms with van der Waals surface area (Å²) in [5, 5.41) is 0. The molecule has 0 amide bonds. The van der Waals surface area contributed by atoms with E-state index in [2.05, 4.69) is 34.6 Å². The molecule has 0 spiro atoms. The van der Waals surface area contributed by atoms with Crippen molar-refractivity contribution in [1.29, 1.82) is 0 Å². The maximum Gasteiger partial charge on any atom is 0.402 e. The minimum absolute atomic E-state index is 0.104. The topological polar surface area (TPSA) is 0 Å². The van der Waals surface area contributed by atoms with Crippen LogP contribution < -0.4 is 0 Å². The largest absolute Gasteiger partial charge is 0.402 e. The zero-order valence-corrected chi connectivity index (χ0v) is 59.0. The Balaban J connectivity index is -0.0000000811. The van der Waals surface area contributed by atoms with Crippen molar-refractivity contribution in [2.75, 3.05) is 0 Å². The van der Waals surface area contributed by atoms with Crippen molar-refractivity contribution in [3.05, 3.63) is 0 Å². The lowest BCUT2D eigenvalue weighted by molar-refractivity contribution is -0.327. The van der Waals surface area contributed by atoms with Crippen LogP contribution in [0.4, 0.5) is 145 Å². The van der Waals surface area contributed by atoms with Crippen LogP contribution in [0.5, 0.6) is 0 Å². The van der Waals surface area contributed by atoms with Gasteiger partial charge in [-0.2, -0.15) is 145 Å². The van der Waals surface area contributed by atoms with E-state index >= 15 is 0 Å². The first kappa shape index (κ1) is 113. The molecule has 3 atom stereocenters. The zero-order valence-electron chi connectivity index (χ0n) is 61.0. The van der Waals surface area contributed by atoms with Crippen molar-refractivity contribution in [3.8, 4) is 0 Å². The molecule has 0 aliphatic rings. The number of hydrogen-bond acceptors (Lipinski definition) is 0. The van der Waals surface area contributed by atoms with E-state index in [1.807, 2.05) is 48.5 Å². The fraction of sp³-hybridized carbons (Fsp3) is 1.00. The summed E-state index contributed by atoms with van der Waals surface area (Å²) in [7, 11) is 0. The number of alkyl halides is 33. The summed E-state index contributed by atoms with van der Waals surface area (Å²) in [5.41, 5.74) is -5.19. The van der Waals surface area contributed by atoms with Gasteiger partial charge in [-0.1, -0.05) is 211 Å². The molecule has 0 aliphatic carbocycles. The van der Waals surface area contributed by atoms with E-state index in [0.29, 0.717) is 12.8 Å². The number of rotatable bonds is 13. The van der Waals surface area contributed by atoms with Crippen LogP contribution in [0.1, 0.15) is 272 Å². The number of halogens is 33. The van der Waals surface area contributed by atoms with Gasteiger partial charge in [0, 0.05) is 21.5 Å². The van der Waals surface area contributed by atoms with Crippen LogP contribution in [-0.4, -0.2) is 67.9 Å². The monoisotopic (exact) mass is 1470 g/mol. The summed E-state index contributed by atoms with van der Waals surface area (Å²) in [5.74, 6) is -8.17. The van der Waals surface area contributed by atoms with Crippen molar-refractivity contribution < 1.29 is 148 Å². The van der Waals surface area contributed by atoms with E-state index in [9.17, 15) is 145 Å². The Morgan fingerprint density at radius 2 is 0.511 bits per heavy atom. The molecule has 0 nitrogen and oxygen atoms in total. The molecule has 0 aromatic rings. The van der Waals surface area contributed by atoms with Gasteiger partial charge in [0.2, 0.25) is 0 Å². The third-order valence-electron chi connectivity index (χ3n) is 10.7. The Labute approximate surface area is 542 Å². The fourth-order valence-corrected chi connectivity index (χ4v) is 3.26. The zero-order chi connectivity index (χ0) is 81.6. The lowest BCUT2D eigenvalue weighted by Crippen LogP contribution is -2.44. The molecule has 33 heteroatoms. The molecule has 0 fully saturated rings. The van der Waals surface area contributed by atoms with Gasteiger partial charge >= 0.3 is 67.9 Å². The normalized spacial score (nSPS) is 14.1. The smallest absolute Gasteiger partial charge is 0.171 e. The first-order valence-electron chi connectivity index (χ1n) is 31.0. The van der Waals surface area contributed by atoms with Gasteiger partial charge in [-0.3, -0.25) is 0 Å². The second kappa shape index (κ2) is 55.5. The highest BCUT2D eigenvalue weighted by molar-refractivity contribution is 4.84. The number of hydrogen-bond donors (Lipinski definition) is 0. The minimum atomic E-state index is -5.24. The first-order valence-corrected chi connectivity index (χ1v) is 30.0. The molecule has 1 unspecified atom stereocenters. The average molecular weight is 1480 g/mol. The molecule has 0 rings (SSSR count). The molecule has 0 aromatic carbocycles. The highest BCUT2D eigenvalue weighted by atomic mass is 19.5. The van der Waals surface area contributed by atoms with E-state index in [-0.39, 0.29) is 51.3 Å². The standard InChI is InChI=1S/2C6H8F6.2C6H11F3.C5H6F6.2C5H9F3.2C5H12.C4H7F3.2C4H10/c1-4(6(10,11)12)2-3-5(7,8)9;1-2-3-4(5(7,8)9)6(10,11)12;1-3-4-5(2)6(7,8)9;1-2-3-4-5-6(7,8)9;1-3(2,4(6,7)8)5(9,10)11;1-4(2,3)5(6,7)8;1-3-4(2)5(6,7)8;1-4-5(2)3;1-3-5-4-2;1-3(2)4(5,6)7;2*1-4(2)3/h2*4H,2-3H2,1H3;5H,3-4H2,1-2H3;2-5H2,1H3;1-2H3;1-3H3;4H,3H2,1-2H3;5H,4H2,1-3H3;3-5H2,1-2H3;3H,1-2H3;2*4H,1-3H3/t4-;;5-;;;;;;;;;/m0.0........./s1/i;;;;;;;;;;2*4D. The summed E-state index contributed by atoms with van der Waals surface area (Å²) < 4.78 is 395. The summed E-state index contributed by atoms with van der Waals surface area (Å²) in [6.07, 6.45) is -45.6. The lowest BCUT2D eigenvalue weighted by atomic mass is 9.92. The Kier molecular flexibility index (Phi) is 66.7. The molecule has 0 N–H and O–H groups in total. The Bertz CT molecular complexity index is 1600. The van der Waals surface area contributed by atoms with Crippen molar-refractivity contribution >= 4 is 0 Å². The Hall–Kier alpha value is -2.31. The van der Waals surface area contributed by atoms with Crippen LogP contribution in [0.15, 0.2) is 0 Å². The summed E-state index contributed by atoms with van der Waals surface area (Å²) in [6.45, 7) is 37.7. The van der Waals surface area contributed by atoms with Crippen LogP contribution in [0.25, 0.3) is 0 Å². The molecule has 588 valence electrons. The molecule has 0 saturated heterocycles. The molecule has 0 saturated carbocycles. The summed E-state index contributed by atoms with van der Waals surface area (Å²) in [6, 6.07) is 0. The van der Waals surface area contributed by atoms with Crippen LogP contribution in [0.2, 0.25) is 0 Å². The quantitative estimate of drug-likeness (QED) is 0.127. The van der Waals surface area contributed by atoms with E-state index in [0.717, 1.165) is 53.9 Å². The van der Waals surface area contributed by atoms with Crippen molar-refractivity contribution in [3.63, 3.8) is 0 Å². The molecule has 0 aliphatic heterocycles. The maximum atomic E-state index is 11.7. The lowest BCUT2D eigenvalue weighted by Gasteiger charge is -2.29. The van der Waals surface area contributed by atoms with Gasteiger partial charge in [-0.15, -0.1) is 0 Å². The van der Waals surface area contributed by atoms with E-state index in [4.69, 9.17) is 2.74 Å². The molecular formula is C61H113F33. The van der Waals surface area contributed by atoms with Gasteiger partial charge in [0.05, 0.1) is 23.2 Å². The molecule has 0 heterocycles. The molecule has 0 aromatic heterocycles. The van der Waals surface area contributed by atoms with E-state index in [1.165, 1.54) is 53.4 Å². The molecule has 0 bridgehead atoms. The second-order valence-electron chi connectivity index (χ2n) is 24.4. The predicted octanol–water partition coefficient (Wildman–Crippen LogP) is 31.3. The van der Waals surface area contributed by atoms with Crippen LogP contribution in [-0.2, 0) is 0 Å². The Morgan fingerprint density at radius 1 is 0.277 bits per heavy atom. The molecule has 0 radical (unpaired) electrons. The molecular weight excluding hydrogens is 1360 g/mol. The highest BCUT2D eigenvalue weighted by Crippen LogP contribution is 2.49. The first-order chi connectivity index (χ1) is 41.2.